The Labute approximate surface area is 139 Å². The van der Waals surface area contributed by atoms with Crippen LogP contribution in [0.15, 0.2) is 47.4 Å². The minimum atomic E-state index is -3.51. The van der Waals surface area contributed by atoms with E-state index in [0.29, 0.717) is 17.1 Å². The molecule has 2 aromatic rings. The first-order valence-electron chi connectivity index (χ1n) is 7.04. The third-order valence-corrected chi connectivity index (χ3v) is 5.70. The molecule has 0 fully saturated rings. The molecule has 1 aliphatic heterocycles. The van der Waals surface area contributed by atoms with Crippen LogP contribution in [0.25, 0.3) is 0 Å². The molecule has 1 aliphatic rings. The zero-order valence-electron chi connectivity index (χ0n) is 12.5. The quantitative estimate of drug-likeness (QED) is 0.891. The number of fused-ring (bicyclic) bond motifs is 1. The molecule has 1 amide bonds. The Morgan fingerprint density at radius 2 is 1.91 bits per heavy atom. The number of nitrogens with one attached hydrogen (secondary N) is 2. The summed E-state index contributed by atoms with van der Waals surface area (Å²) in [5, 5.41) is 2.75. The predicted octanol–water partition coefficient (Wildman–Crippen LogP) is 2.98. The van der Waals surface area contributed by atoms with Crippen molar-refractivity contribution >= 4 is 39.1 Å². The normalized spacial score (nSPS) is 14.0. The molecule has 0 saturated carbocycles. The van der Waals surface area contributed by atoms with Gasteiger partial charge in [0.25, 0.3) is 0 Å². The highest BCUT2D eigenvalue weighted by atomic mass is 32.2. The van der Waals surface area contributed by atoms with Gasteiger partial charge in [0.1, 0.15) is 0 Å². The molecule has 2 aromatic carbocycles. The maximum absolute atomic E-state index is 12.3. The Kier molecular flexibility index (Phi) is 4.32. The fourth-order valence-electron chi connectivity index (χ4n) is 2.27. The smallest absolute Gasteiger partial charge is 0.236 e. The number of aryl methyl sites for hydroxylation is 1. The minimum Gasteiger partial charge on any atom is -0.324 e. The van der Waals surface area contributed by atoms with Crippen molar-refractivity contribution in [3.63, 3.8) is 0 Å². The topological polar surface area (TPSA) is 75.3 Å². The van der Waals surface area contributed by atoms with Gasteiger partial charge in [0, 0.05) is 4.90 Å². The average Bonchev–Trinajstić information content (AvgIpc) is 2.48. The average molecular weight is 348 g/mol. The van der Waals surface area contributed by atoms with Crippen LogP contribution in [0.2, 0.25) is 0 Å². The number of thioether (sulfide) groups is 1. The first-order chi connectivity index (χ1) is 10.9. The second kappa shape index (κ2) is 6.25. The number of hydrogen-bond acceptors (Lipinski definition) is 4. The van der Waals surface area contributed by atoms with Crippen LogP contribution in [0.5, 0.6) is 0 Å². The second-order valence-corrected chi connectivity index (χ2v) is 8.13. The lowest BCUT2D eigenvalue weighted by atomic mass is 10.2. The van der Waals surface area contributed by atoms with Crippen molar-refractivity contribution in [1.82, 2.24) is 0 Å². The highest BCUT2D eigenvalue weighted by molar-refractivity contribution is 8.00. The number of benzene rings is 2. The van der Waals surface area contributed by atoms with Crippen LogP contribution >= 0.6 is 11.8 Å². The summed E-state index contributed by atoms with van der Waals surface area (Å²) >= 11 is 1.44. The molecular weight excluding hydrogens is 332 g/mol. The molecule has 1 heterocycles. The summed E-state index contributed by atoms with van der Waals surface area (Å²) in [5.41, 5.74) is 2.90. The van der Waals surface area contributed by atoms with Crippen LogP contribution in [0.4, 0.5) is 11.4 Å². The van der Waals surface area contributed by atoms with E-state index in [0.717, 1.165) is 16.0 Å². The molecule has 120 valence electrons. The standard InChI is InChI=1S/C16H16N2O3S2/c1-11-2-4-12(5-3-11)10-23(20,21)18-13-6-7-15-14(8-13)17-16(19)9-22-15/h2-8,18H,9-10H2,1H3,(H,17,19). The molecule has 0 saturated heterocycles. The summed E-state index contributed by atoms with van der Waals surface area (Å²) in [6, 6.07) is 12.5. The van der Waals surface area contributed by atoms with Crippen LogP contribution in [-0.4, -0.2) is 20.1 Å². The van der Waals surface area contributed by atoms with Gasteiger partial charge < -0.3 is 5.32 Å². The van der Waals surface area contributed by atoms with Gasteiger partial charge >= 0.3 is 0 Å². The number of sulfonamides is 1. The number of amides is 1. The molecule has 0 unspecified atom stereocenters. The highest BCUT2D eigenvalue weighted by Crippen LogP contribution is 2.33. The van der Waals surface area contributed by atoms with E-state index in [-0.39, 0.29) is 11.7 Å². The lowest BCUT2D eigenvalue weighted by Crippen LogP contribution is -2.19. The SMILES string of the molecule is Cc1ccc(CS(=O)(=O)Nc2ccc3c(c2)NC(=O)CS3)cc1. The second-order valence-electron chi connectivity index (χ2n) is 5.39. The summed E-state index contributed by atoms with van der Waals surface area (Å²) in [4.78, 5) is 12.4. The van der Waals surface area contributed by atoms with E-state index in [2.05, 4.69) is 10.0 Å². The van der Waals surface area contributed by atoms with Crippen molar-refractivity contribution in [2.24, 2.45) is 0 Å². The van der Waals surface area contributed by atoms with Crippen molar-refractivity contribution < 1.29 is 13.2 Å². The van der Waals surface area contributed by atoms with E-state index in [1.807, 2.05) is 25.1 Å². The maximum atomic E-state index is 12.3. The van der Waals surface area contributed by atoms with E-state index in [9.17, 15) is 13.2 Å². The van der Waals surface area contributed by atoms with Crippen LogP contribution in [0, 0.1) is 6.92 Å². The summed E-state index contributed by atoms with van der Waals surface area (Å²) in [7, 11) is -3.51. The van der Waals surface area contributed by atoms with E-state index in [1.54, 1.807) is 24.3 Å². The third kappa shape index (κ3) is 4.05. The first-order valence-corrected chi connectivity index (χ1v) is 9.68. The maximum Gasteiger partial charge on any atom is 0.236 e. The van der Waals surface area contributed by atoms with Gasteiger partial charge in [-0.05, 0) is 30.7 Å². The van der Waals surface area contributed by atoms with E-state index in [1.165, 1.54) is 11.8 Å². The van der Waals surface area contributed by atoms with Gasteiger partial charge in [-0.2, -0.15) is 0 Å². The summed E-state index contributed by atoms with van der Waals surface area (Å²) in [6.45, 7) is 1.95. The van der Waals surface area contributed by atoms with Gasteiger partial charge in [-0.15, -0.1) is 11.8 Å². The molecular formula is C16H16N2O3S2. The highest BCUT2D eigenvalue weighted by Gasteiger charge is 2.17. The molecule has 5 nitrogen and oxygen atoms in total. The Hall–Kier alpha value is -1.99. The number of carbonyl (C=O) groups excluding carboxylic acids is 1. The Morgan fingerprint density at radius 3 is 2.65 bits per heavy atom. The van der Waals surface area contributed by atoms with Crippen molar-refractivity contribution in [3.8, 4) is 0 Å². The largest absolute Gasteiger partial charge is 0.324 e. The zero-order valence-corrected chi connectivity index (χ0v) is 14.1. The lowest BCUT2D eigenvalue weighted by molar-refractivity contribution is -0.113. The molecule has 0 radical (unpaired) electrons. The molecule has 3 rings (SSSR count). The zero-order chi connectivity index (χ0) is 16.4. The van der Waals surface area contributed by atoms with Crippen molar-refractivity contribution in [1.29, 1.82) is 0 Å². The molecule has 0 atom stereocenters. The molecule has 2 N–H and O–H groups in total. The fourth-order valence-corrected chi connectivity index (χ4v) is 4.24. The van der Waals surface area contributed by atoms with Gasteiger partial charge in [0.15, 0.2) is 0 Å². The van der Waals surface area contributed by atoms with Crippen LogP contribution in [0.3, 0.4) is 0 Å². The Morgan fingerprint density at radius 1 is 1.17 bits per heavy atom. The van der Waals surface area contributed by atoms with E-state index < -0.39 is 10.0 Å². The number of hydrogen-bond donors (Lipinski definition) is 2. The van der Waals surface area contributed by atoms with Crippen LogP contribution in [-0.2, 0) is 20.6 Å². The lowest BCUT2D eigenvalue weighted by Gasteiger charge is -2.17. The first kappa shape index (κ1) is 15.9. The van der Waals surface area contributed by atoms with Gasteiger partial charge in [-0.3, -0.25) is 9.52 Å². The fraction of sp³-hybridized carbons (Fsp3) is 0.188. The van der Waals surface area contributed by atoms with Crippen molar-refractivity contribution in [2.75, 3.05) is 15.8 Å². The van der Waals surface area contributed by atoms with Crippen molar-refractivity contribution in [3.05, 3.63) is 53.6 Å². The molecule has 0 spiro atoms. The number of carbonyl (C=O) groups is 1. The van der Waals surface area contributed by atoms with E-state index >= 15 is 0 Å². The molecule has 23 heavy (non-hydrogen) atoms. The summed E-state index contributed by atoms with van der Waals surface area (Å²) in [6.07, 6.45) is 0. The molecule has 0 bridgehead atoms. The van der Waals surface area contributed by atoms with Crippen LogP contribution in [0.1, 0.15) is 11.1 Å². The molecule has 0 aliphatic carbocycles. The van der Waals surface area contributed by atoms with Gasteiger partial charge in [-0.1, -0.05) is 29.8 Å². The Bertz CT molecular complexity index is 846. The Balaban J connectivity index is 1.76. The van der Waals surface area contributed by atoms with Gasteiger partial charge in [0.2, 0.25) is 15.9 Å². The molecule has 0 aromatic heterocycles. The monoisotopic (exact) mass is 348 g/mol. The predicted molar refractivity (Wildman–Crippen MR) is 93.2 cm³/mol. The van der Waals surface area contributed by atoms with Crippen molar-refractivity contribution in [2.45, 2.75) is 17.6 Å². The van der Waals surface area contributed by atoms with Gasteiger partial charge in [0.05, 0.1) is 22.9 Å². The molecule has 7 heteroatoms. The number of rotatable bonds is 4. The van der Waals surface area contributed by atoms with E-state index in [4.69, 9.17) is 0 Å². The van der Waals surface area contributed by atoms with Crippen LogP contribution < -0.4 is 10.0 Å². The summed E-state index contributed by atoms with van der Waals surface area (Å²) < 4.78 is 27.1. The number of anilines is 2. The minimum absolute atomic E-state index is 0.0813. The summed E-state index contributed by atoms with van der Waals surface area (Å²) in [5.74, 6) is 0.207. The van der Waals surface area contributed by atoms with Gasteiger partial charge in [-0.25, -0.2) is 8.42 Å². The third-order valence-electron chi connectivity index (χ3n) is 3.36.